The smallest absolute Gasteiger partial charge is 0.387 e. The molecule has 6 nitrogen and oxygen atoms in total. The van der Waals surface area contributed by atoms with Gasteiger partial charge in [0, 0.05) is 11.8 Å². The number of fused-ring (bicyclic) bond motifs is 1. The summed E-state index contributed by atoms with van der Waals surface area (Å²) in [5.74, 6) is 0.0586. The van der Waals surface area contributed by atoms with E-state index < -0.39 is 6.61 Å². The molecule has 0 fully saturated rings. The van der Waals surface area contributed by atoms with Crippen LogP contribution in [-0.2, 0) is 0 Å². The highest BCUT2D eigenvalue weighted by Crippen LogP contribution is 2.32. The number of hydrogen-bond donors (Lipinski definition) is 0. The average molecular weight is 400 g/mol. The van der Waals surface area contributed by atoms with Crippen LogP contribution in [0.25, 0.3) is 16.1 Å². The molecule has 0 amide bonds. The molecule has 0 bridgehead atoms. The van der Waals surface area contributed by atoms with E-state index in [1.807, 2.05) is 0 Å². The number of benzene rings is 1. The van der Waals surface area contributed by atoms with Crippen LogP contribution >= 0.6 is 22.9 Å². The molecule has 0 aliphatic rings. The van der Waals surface area contributed by atoms with Gasteiger partial charge in [-0.3, -0.25) is 4.79 Å². The Labute approximate surface area is 155 Å². The Kier molecular flexibility index (Phi) is 5.19. The molecule has 2 heterocycles. The van der Waals surface area contributed by atoms with Gasteiger partial charge in [-0.05, 0) is 30.7 Å². The van der Waals surface area contributed by atoms with Gasteiger partial charge in [-0.2, -0.15) is 18.4 Å². The van der Waals surface area contributed by atoms with Crippen LogP contribution in [0.3, 0.4) is 0 Å². The summed E-state index contributed by atoms with van der Waals surface area (Å²) >= 11 is 7.42. The maximum absolute atomic E-state index is 12.5. The molecule has 2 aromatic heterocycles. The Morgan fingerprint density at radius 1 is 1.35 bits per heavy atom. The first-order valence-corrected chi connectivity index (χ1v) is 8.45. The molecule has 0 aliphatic heterocycles. The first-order valence-electron chi connectivity index (χ1n) is 7.25. The molecule has 1 aromatic carbocycles. The number of hydrogen-bond acceptors (Lipinski definition) is 6. The van der Waals surface area contributed by atoms with Crippen LogP contribution in [0.2, 0.25) is 0 Å². The van der Waals surface area contributed by atoms with Gasteiger partial charge >= 0.3 is 6.61 Å². The standard InChI is InChI=1S/C16H12ClF2N3O3S/c1-8-5-13(23)22-16(20-8)26-14(21-22)10(17)6-9-3-4-11(24-2)12(7-9)25-15(18)19/h3-7,15H,1-2H3/b10-6-. The lowest BCUT2D eigenvalue weighted by Gasteiger charge is -2.10. The lowest BCUT2D eigenvalue weighted by atomic mass is 10.2. The summed E-state index contributed by atoms with van der Waals surface area (Å²) in [4.78, 5) is 16.6. The van der Waals surface area contributed by atoms with E-state index in [1.165, 1.54) is 31.4 Å². The third kappa shape index (κ3) is 3.83. The number of methoxy groups -OCH3 is 1. The maximum Gasteiger partial charge on any atom is 0.387 e. The van der Waals surface area contributed by atoms with E-state index in [1.54, 1.807) is 13.0 Å². The number of aryl methyl sites for hydroxylation is 1. The minimum atomic E-state index is -2.98. The third-order valence-corrected chi connectivity index (χ3v) is 4.62. The molecular weight excluding hydrogens is 388 g/mol. The first-order chi connectivity index (χ1) is 12.4. The van der Waals surface area contributed by atoms with Gasteiger partial charge in [0.05, 0.1) is 12.1 Å². The van der Waals surface area contributed by atoms with E-state index in [0.717, 1.165) is 15.9 Å². The van der Waals surface area contributed by atoms with Crippen LogP contribution in [-0.4, -0.2) is 28.3 Å². The molecule has 0 saturated heterocycles. The molecule has 0 spiro atoms. The fraction of sp³-hybridized carbons (Fsp3) is 0.188. The van der Waals surface area contributed by atoms with Crippen molar-refractivity contribution in [3.05, 3.63) is 50.9 Å². The van der Waals surface area contributed by atoms with E-state index in [4.69, 9.17) is 16.3 Å². The highest BCUT2D eigenvalue weighted by atomic mass is 35.5. The van der Waals surface area contributed by atoms with Crippen molar-refractivity contribution in [3.8, 4) is 11.5 Å². The Morgan fingerprint density at radius 2 is 2.12 bits per heavy atom. The van der Waals surface area contributed by atoms with Crippen LogP contribution in [0.5, 0.6) is 11.5 Å². The Hall–Kier alpha value is -2.52. The normalized spacial score (nSPS) is 12.0. The zero-order valence-corrected chi connectivity index (χ0v) is 15.1. The van der Waals surface area contributed by atoms with E-state index in [9.17, 15) is 13.6 Å². The second kappa shape index (κ2) is 7.38. The predicted octanol–water partition coefficient (Wildman–Crippen LogP) is 3.81. The molecule has 0 aliphatic carbocycles. The summed E-state index contributed by atoms with van der Waals surface area (Å²) in [5.41, 5.74) is 0.771. The van der Waals surface area contributed by atoms with Gasteiger partial charge in [-0.25, -0.2) is 4.98 Å². The molecule has 0 atom stereocenters. The van der Waals surface area contributed by atoms with Crippen molar-refractivity contribution in [2.75, 3.05) is 7.11 Å². The predicted molar refractivity (Wildman–Crippen MR) is 95.2 cm³/mol. The second-order valence-corrected chi connectivity index (χ2v) is 6.48. The van der Waals surface area contributed by atoms with Crippen molar-refractivity contribution in [1.82, 2.24) is 14.6 Å². The van der Waals surface area contributed by atoms with Gasteiger partial charge in [0.15, 0.2) is 16.5 Å². The zero-order valence-electron chi connectivity index (χ0n) is 13.6. The quantitative estimate of drug-likeness (QED) is 0.652. The summed E-state index contributed by atoms with van der Waals surface area (Å²) in [5, 5.41) is 4.73. The summed E-state index contributed by atoms with van der Waals surface area (Å²) in [7, 11) is 1.35. The highest BCUT2D eigenvalue weighted by molar-refractivity contribution is 7.18. The van der Waals surface area contributed by atoms with Gasteiger partial charge in [0.1, 0.15) is 0 Å². The number of halogens is 3. The van der Waals surface area contributed by atoms with Crippen LogP contribution in [0.4, 0.5) is 8.78 Å². The largest absolute Gasteiger partial charge is 0.493 e. The van der Waals surface area contributed by atoms with Crippen molar-refractivity contribution >= 4 is 39.0 Å². The number of aromatic nitrogens is 3. The zero-order chi connectivity index (χ0) is 18.8. The molecule has 136 valence electrons. The summed E-state index contributed by atoms with van der Waals surface area (Å²) in [6.07, 6.45) is 1.52. The lowest BCUT2D eigenvalue weighted by Crippen LogP contribution is -2.14. The Balaban J connectivity index is 1.99. The second-order valence-electron chi connectivity index (χ2n) is 5.12. The molecule has 26 heavy (non-hydrogen) atoms. The van der Waals surface area contributed by atoms with Crippen LogP contribution in [0.1, 0.15) is 16.3 Å². The molecule has 3 aromatic rings. The molecule has 0 unspecified atom stereocenters. The van der Waals surface area contributed by atoms with E-state index in [0.29, 0.717) is 21.2 Å². The fourth-order valence-corrected chi connectivity index (χ4v) is 3.33. The first kappa shape index (κ1) is 18.3. The number of nitrogens with zero attached hydrogens (tertiary/aromatic N) is 3. The SMILES string of the molecule is COc1ccc(/C=C(\Cl)c2nn3c(=O)cc(C)nc3s2)cc1OC(F)F. The molecule has 0 N–H and O–H groups in total. The van der Waals surface area contributed by atoms with Gasteiger partial charge in [-0.15, -0.1) is 0 Å². The van der Waals surface area contributed by atoms with Crippen LogP contribution in [0, 0.1) is 6.92 Å². The Morgan fingerprint density at radius 3 is 2.81 bits per heavy atom. The molecule has 10 heteroatoms. The van der Waals surface area contributed by atoms with Gasteiger partial charge < -0.3 is 9.47 Å². The van der Waals surface area contributed by atoms with Gasteiger partial charge in [0.2, 0.25) is 4.96 Å². The van der Waals surface area contributed by atoms with E-state index >= 15 is 0 Å². The maximum atomic E-state index is 12.5. The molecular formula is C16H12ClF2N3O3S. The summed E-state index contributed by atoms with van der Waals surface area (Å²) in [6, 6.07) is 5.85. The van der Waals surface area contributed by atoms with Gasteiger partial charge in [-0.1, -0.05) is 29.0 Å². The van der Waals surface area contributed by atoms with Gasteiger partial charge in [0.25, 0.3) is 5.56 Å². The van der Waals surface area contributed by atoms with Crippen molar-refractivity contribution < 1.29 is 18.3 Å². The minimum absolute atomic E-state index is 0.112. The van der Waals surface area contributed by atoms with E-state index in [-0.39, 0.29) is 22.1 Å². The summed E-state index contributed by atoms with van der Waals surface area (Å²) in [6.45, 7) is -1.27. The number of alkyl halides is 2. The summed E-state index contributed by atoms with van der Waals surface area (Å²) < 4.78 is 35.6. The third-order valence-electron chi connectivity index (χ3n) is 3.27. The lowest BCUT2D eigenvalue weighted by molar-refractivity contribution is -0.0512. The average Bonchev–Trinajstić information content (AvgIpc) is 2.99. The minimum Gasteiger partial charge on any atom is -0.493 e. The van der Waals surface area contributed by atoms with Crippen LogP contribution < -0.4 is 15.0 Å². The van der Waals surface area contributed by atoms with Crippen LogP contribution in [0.15, 0.2) is 29.1 Å². The number of rotatable bonds is 5. The van der Waals surface area contributed by atoms with E-state index in [2.05, 4.69) is 14.8 Å². The highest BCUT2D eigenvalue weighted by Gasteiger charge is 2.13. The van der Waals surface area contributed by atoms with Crippen molar-refractivity contribution in [2.24, 2.45) is 0 Å². The monoisotopic (exact) mass is 399 g/mol. The van der Waals surface area contributed by atoms with Crippen molar-refractivity contribution in [3.63, 3.8) is 0 Å². The molecule has 0 radical (unpaired) electrons. The van der Waals surface area contributed by atoms with Crippen molar-refractivity contribution in [1.29, 1.82) is 0 Å². The Bertz CT molecular complexity index is 1050. The topological polar surface area (TPSA) is 65.7 Å². The molecule has 0 saturated carbocycles. The number of ether oxygens (including phenoxy) is 2. The van der Waals surface area contributed by atoms with Crippen molar-refractivity contribution in [2.45, 2.75) is 13.5 Å². The fourth-order valence-electron chi connectivity index (χ4n) is 2.20. The molecule has 3 rings (SSSR count).